The Labute approximate surface area is 170 Å². The van der Waals surface area contributed by atoms with Gasteiger partial charge in [0.15, 0.2) is 6.29 Å². The largest absolute Gasteiger partial charge is 0.480 e. The molecule has 12 atom stereocenters. The van der Waals surface area contributed by atoms with Gasteiger partial charge in [0.1, 0.15) is 61.1 Å². The van der Waals surface area contributed by atoms with Crippen LogP contribution >= 0.6 is 0 Å². The van der Waals surface area contributed by atoms with Crippen LogP contribution in [0.2, 0.25) is 0 Å². The number of hydrogen-bond donors (Lipinski definition) is 10. The lowest BCUT2D eigenvalue weighted by Gasteiger charge is -2.46. The molecule has 14 heteroatoms. The number of carboxylic acid groups (broad SMARTS) is 1. The third kappa shape index (κ3) is 5.24. The summed E-state index contributed by atoms with van der Waals surface area (Å²) in [5, 5.41) is 90.3. The van der Waals surface area contributed by atoms with Crippen molar-refractivity contribution in [2.75, 3.05) is 13.2 Å². The molecule has 10 N–H and O–H groups in total. The molecule has 176 valence electrons. The summed E-state index contributed by atoms with van der Waals surface area (Å²) >= 11 is 0. The van der Waals surface area contributed by atoms with Gasteiger partial charge in [-0.3, -0.25) is 10.1 Å². The molecular formula is C16H29NO13. The van der Waals surface area contributed by atoms with Crippen LogP contribution in [0.25, 0.3) is 0 Å². The van der Waals surface area contributed by atoms with Gasteiger partial charge >= 0.3 is 5.97 Å². The van der Waals surface area contributed by atoms with Gasteiger partial charge in [0.2, 0.25) is 0 Å². The molecule has 2 aliphatic heterocycles. The fraction of sp³-hybridized carbons (Fsp3) is 0.938. The van der Waals surface area contributed by atoms with E-state index in [0.29, 0.717) is 0 Å². The highest BCUT2D eigenvalue weighted by molar-refractivity contribution is 5.74. The van der Waals surface area contributed by atoms with E-state index in [1.54, 1.807) is 0 Å². The Morgan fingerprint density at radius 3 is 2.03 bits per heavy atom. The summed E-state index contributed by atoms with van der Waals surface area (Å²) in [5.41, 5.74) is 0. The Hall–Kier alpha value is -1.01. The van der Waals surface area contributed by atoms with E-state index in [2.05, 4.69) is 5.32 Å². The molecule has 30 heavy (non-hydrogen) atoms. The van der Waals surface area contributed by atoms with E-state index in [1.807, 2.05) is 0 Å². The molecule has 2 fully saturated rings. The molecule has 1 unspecified atom stereocenters. The summed E-state index contributed by atoms with van der Waals surface area (Å²) in [4.78, 5) is 11.2. The summed E-state index contributed by atoms with van der Waals surface area (Å²) in [7, 11) is 0. The number of aliphatic carboxylic acids is 1. The van der Waals surface area contributed by atoms with Gasteiger partial charge in [0.05, 0.1) is 19.3 Å². The standard InChI is InChI=1S/C16H29NO13/c1-4(20)7(15(26)27)17-14-11(24)10(23)13(6(3-19)28-14)30-16-12(25)9(22)8(21)5(2-18)29-16/h4-14,16-25H,2-3H2,1H3,(H,26,27)/t4-,5-,6-,7+,8+,9+,10-,11-,12-,13-,14?,16+/m1/s1. The highest BCUT2D eigenvalue weighted by Gasteiger charge is 2.51. The van der Waals surface area contributed by atoms with Crippen molar-refractivity contribution in [1.82, 2.24) is 5.32 Å². The molecule has 0 aromatic carbocycles. The second kappa shape index (κ2) is 10.5. The minimum Gasteiger partial charge on any atom is -0.480 e. The molecule has 0 saturated carbocycles. The zero-order valence-electron chi connectivity index (χ0n) is 16.0. The van der Waals surface area contributed by atoms with E-state index in [1.165, 1.54) is 6.92 Å². The van der Waals surface area contributed by atoms with Crippen LogP contribution in [0.5, 0.6) is 0 Å². The molecule has 0 radical (unpaired) electrons. The van der Waals surface area contributed by atoms with Gasteiger partial charge in [-0.2, -0.15) is 0 Å². The van der Waals surface area contributed by atoms with E-state index in [-0.39, 0.29) is 0 Å². The zero-order valence-corrected chi connectivity index (χ0v) is 16.0. The van der Waals surface area contributed by atoms with E-state index in [9.17, 15) is 45.6 Å². The van der Waals surface area contributed by atoms with Crippen molar-refractivity contribution in [3.05, 3.63) is 0 Å². The van der Waals surface area contributed by atoms with Crippen LogP contribution in [0.15, 0.2) is 0 Å². The fourth-order valence-electron chi connectivity index (χ4n) is 3.32. The molecule has 14 nitrogen and oxygen atoms in total. The predicted molar refractivity (Wildman–Crippen MR) is 92.6 cm³/mol. The van der Waals surface area contributed by atoms with Crippen LogP contribution < -0.4 is 5.32 Å². The SMILES string of the molecule is C[C@@H](O)[C@H](NC1O[C@H](CO)[C@@H](O[C@@H]2O[C@H](CO)[C@H](O)[C@H](O)[C@H]2O)[C@H](O)[C@H]1O)C(=O)O. The molecule has 0 aromatic heterocycles. The molecule has 2 heterocycles. The third-order valence-corrected chi connectivity index (χ3v) is 5.10. The summed E-state index contributed by atoms with van der Waals surface area (Å²) in [6, 6.07) is -1.56. The molecule has 2 rings (SSSR count). The highest BCUT2D eigenvalue weighted by atomic mass is 16.7. The lowest BCUT2D eigenvalue weighted by atomic mass is 9.96. The summed E-state index contributed by atoms with van der Waals surface area (Å²) in [6.45, 7) is -0.301. The van der Waals surface area contributed by atoms with Crippen LogP contribution in [-0.2, 0) is 19.0 Å². The number of carboxylic acids is 1. The van der Waals surface area contributed by atoms with Gasteiger partial charge in [0, 0.05) is 0 Å². The Kier molecular flexibility index (Phi) is 8.87. The van der Waals surface area contributed by atoms with Gasteiger partial charge in [-0.25, -0.2) is 0 Å². The van der Waals surface area contributed by atoms with Gasteiger partial charge in [-0.1, -0.05) is 0 Å². The summed E-state index contributed by atoms with van der Waals surface area (Å²) in [5.74, 6) is -1.45. The lowest BCUT2D eigenvalue weighted by Crippen LogP contribution is -2.67. The maximum atomic E-state index is 11.2. The van der Waals surface area contributed by atoms with Crippen molar-refractivity contribution < 1.29 is 65.0 Å². The van der Waals surface area contributed by atoms with Gasteiger partial charge in [-0.15, -0.1) is 0 Å². The Morgan fingerprint density at radius 1 is 0.933 bits per heavy atom. The van der Waals surface area contributed by atoms with E-state index in [0.717, 1.165) is 0 Å². The summed E-state index contributed by atoms with van der Waals surface area (Å²) in [6.07, 6.45) is -17.5. The van der Waals surface area contributed by atoms with Crippen molar-refractivity contribution in [2.45, 2.75) is 80.4 Å². The number of carbonyl (C=O) groups is 1. The van der Waals surface area contributed by atoms with Crippen LogP contribution in [0, 0.1) is 0 Å². The van der Waals surface area contributed by atoms with Gasteiger partial charge in [0.25, 0.3) is 0 Å². The monoisotopic (exact) mass is 443 g/mol. The van der Waals surface area contributed by atoms with Crippen LogP contribution in [0.3, 0.4) is 0 Å². The minimum absolute atomic E-state index is 0.720. The molecule has 0 amide bonds. The second-order valence-corrected chi connectivity index (χ2v) is 7.28. The number of aliphatic hydroxyl groups excluding tert-OH is 8. The molecular weight excluding hydrogens is 414 g/mol. The normalized spacial score (nSPS) is 44.4. The van der Waals surface area contributed by atoms with Crippen LogP contribution in [-0.4, -0.2) is 139 Å². The Balaban J connectivity index is 2.14. The number of aliphatic hydroxyl groups is 8. The molecule has 0 aromatic rings. The average molecular weight is 443 g/mol. The number of hydrogen-bond acceptors (Lipinski definition) is 13. The van der Waals surface area contributed by atoms with E-state index >= 15 is 0 Å². The quantitative estimate of drug-likeness (QED) is 0.168. The molecule has 0 spiro atoms. The molecule has 2 aliphatic rings. The molecule has 2 saturated heterocycles. The van der Waals surface area contributed by atoms with Gasteiger partial charge in [-0.05, 0) is 6.92 Å². The number of ether oxygens (including phenoxy) is 3. The van der Waals surface area contributed by atoms with Crippen molar-refractivity contribution in [3.63, 3.8) is 0 Å². The average Bonchev–Trinajstić information content (AvgIpc) is 2.70. The van der Waals surface area contributed by atoms with Crippen molar-refractivity contribution >= 4 is 5.97 Å². The maximum absolute atomic E-state index is 11.2. The van der Waals surface area contributed by atoms with Crippen molar-refractivity contribution in [2.24, 2.45) is 0 Å². The zero-order chi connectivity index (χ0) is 22.7. The van der Waals surface area contributed by atoms with E-state index in [4.69, 9.17) is 19.3 Å². The second-order valence-electron chi connectivity index (χ2n) is 7.28. The third-order valence-electron chi connectivity index (χ3n) is 5.10. The Morgan fingerprint density at radius 2 is 1.53 bits per heavy atom. The minimum atomic E-state index is -1.80. The first-order valence-corrected chi connectivity index (χ1v) is 9.28. The van der Waals surface area contributed by atoms with Crippen LogP contribution in [0.1, 0.15) is 6.92 Å². The highest BCUT2D eigenvalue weighted by Crippen LogP contribution is 2.28. The molecule has 0 bridgehead atoms. The number of nitrogens with one attached hydrogen (secondary N) is 1. The maximum Gasteiger partial charge on any atom is 0.323 e. The smallest absolute Gasteiger partial charge is 0.323 e. The predicted octanol–water partition coefficient (Wildman–Crippen LogP) is -5.97. The Bertz CT molecular complexity index is 561. The van der Waals surface area contributed by atoms with Crippen LogP contribution in [0.4, 0.5) is 0 Å². The fourth-order valence-corrected chi connectivity index (χ4v) is 3.32. The van der Waals surface area contributed by atoms with E-state index < -0.39 is 92.7 Å². The van der Waals surface area contributed by atoms with Gasteiger partial charge < -0.3 is 60.2 Å². The molecule has 0 aliphatic carbocycles. The first-order valence-electron chi connectivity index (χ1n) is 9.28. The lowest BCUT2D eigenvalue weighted by molar-refractivity contribution is -0.343. The summed E-state index contributed by atoms with van der Waals surface area (Å²) < 4.78 is 15.9. The first-order chi connectivity index (χ1) is 14.0. The van der Waals surface area contributed by atoms with Crippen molar-refractivity contribution in [3.8, 4) is 0 Å². The number of rotatable bonds is 8. The first kappa shape index (κ1) is 25.3. The van der Waals surface area contributed by atoms with Crippen molar-refractivity contribution in [1.29, 1.82) is 0 Å². The topological polar surface area (TPSA) is 239 Å².